The third-order valence-corrected chi connectivity index (χ3v) is 6.81. The normalized spacial score (nSPS) is 13.6. The Morgan fingerprint density at radius 3 is 2.59 bits per heavy atom. The van der Waals surface area contributed by atoms with Crippen molar-refractivity contribution >= 4 is 21.6 Å². The lowest BCUT2D eigenvalue weighted by Crippen LogP contribution is -2.43. The molecule has 32 heavy (non-hydrogen) atoms. The SMILES string of the molecule is COc1cccc(OCCNC(=O)CN2c3ccc(F)cc3-c3ccccc3S2(=O)=O)c1. The van der Waals surface area contributed by atoms with Crippen LogP contribution < -0.4 is 19.1 Å². The first-order chi connectivity index (χ1) is 15.4. The summed E-state index contributed by atoms with van der Waals surface area (Å²) in [6.45, 7) is -0.0679. The van der Waals surface area contributed by atoms with E-state index in [0.717, 1.165) is 4.31 Å². The van der Waals surface area contributed by atoms with Crippen LogP contribution in [0.3, 0.4) is 0 Å². The molecule has 166 valence electrons. The van der Waals surface area contributed by atoms with Crippen molar-refractivity contribution in [1.82, 2.24) is 5.32 Å². The van der Waals surface area contributed by atoms with E-state index in [2.05, 4.69) is 5.32 Å². The first-order valence-corrected chi connectivity index (χ1v) is 11.3. The fraction of sp³-hybridized carbons (Fsp3) is 0.174. The maximum atomic E-state index is 13.9. The Hall–Kier alpha value is -3.59. The summed E-state index contributed by atoms with van der Waals surface area (Å²) in [7, 11) is -2.43. The zero-order valence-corrected chi connectivity index (χ0v) is 18.1. The molecule has 0 aliphatic carbocycles. The minimum absolute atomic E-state index is 0.0345. The second kappa shape index (κ2) is 8.88. The van der Waals surface area contributed by atoms with Crippen molar-refractivity contribution in [3.05, 3.63) is 72.5 Å². The number of hydrogen-bond donors (Lipinski definition) is 1. The summed E-state index contributed by atoms with van der Waals surface area (Å²) in [5, 5.41) is 2.66. The average molecular weight is 456 g/mol. The number of nitrogens with one attached hydrogen (secondary N) is 1. The summed E-state index contributed by atoms with van der Waals surface area (Å²) in [5.74, 6) is 0.247. The third-order valence-electron chi connectivity index (χ3n) is 4.99. The van der Waals surface area contributed by atoms with Gasteiger partial charge in [-0.25, -0.2) is 12.8 Å². The summed E-state index contributed by atoms with van der Waals surface area (Å²) < 4.78 is 52.0. The van der Waals surface area contributed by atoms with E-state index in [0.29, 0.717) is 22.6 Å². The van der Waals surface area contributed by atoms with Gasteiger partial charge in [-0.05, 0) is 36.4 Å². The highest BCUT2D eigenvalue weighted by atomic mass is 32.2. The minimum atomic E-state index is -3.98. The van der Waals surface area contributed by atoms with Gasteiger partial charge in [-0.15, -0.1) is 0 Å². The Kier molecular flexibility index (Phi) is 6.00. The van der Waals surface area contributed by atoms with Crippen LogP contribution in [0.1, 0.15) is 0 Å². The lowest BCUT2D eigenvalue weighted by atomic mass is 10.0. The van der Waals surface area contributed by atoms with E-state index < -0.39 is 28.3 Å². The Morgan fingerprint density at radius 1 is 1.00 bits per heavy atom. The number of fused-ring (bicyclic) bond motifs is 3. The zero-order valence-electron chi connectivity index (χ0n) is 17.2. The number of halogens is 1. The Balaban J connectivity index is 1.46. The first kappa shape index (κ1) is 21.6. The number of amides is 1. The van der Waals surface area contributed by atoms with E-state index in [-0.39, 0.29) is 23.7 Å². The van der Waals surface area contributed by atoms with Gasteiger partial charge in [0.05, 0.1) is 24.2 Å². The van der Waals surface area contributed by atoms with Crippen LogP contribution in [-0.4, -0.2) is 41.1 Å². The zero-order chi connectivity index (χ0) is 22.7. The van der Waals surface area contributed by atoms with Crippen LogP contribution in [0.4, 0.5) is 10.1 Å². The molecule has 3 aromatic rings. The summed E-state index contributed by atoms with van der Waals surface area (Å²) in [4.78, 5) is 12.6. The Morgan fingerprint density at radius 2 is 1.78 bits per heavy atom. The summed E-state index contributed by atoms with van der Waals surface area (Å²) >= 11 is 0. The number of ether oxygens (including phenoxy) is 2. The molecule has 1 aliphatic heterocycles. The van der Waals surface area contributed by atoms with Crippen molar-refractivity contribution in [2.24, 2.45) is 0 Å². The maximum absolute atomic E-state index is 13.9. The average Bonchev–Trinajstić information content (AvgIpc) is 2.80. The first-order valence-electron chi connectivity index (χ1n) is 9.85. The van der Waals surface area contributed by atoms with E-state index >= 15 is 0 Å². The van der Waals surface area contributed by atoms with Crippen LogP contribution in [0.2, 0.25) is 0 Å². The molecule has 0 bridgehead atoms. The smallest absolute Gasteiger partial charge is 0.265 e. The molecule has 3 aromatic carbocycles. The Labute approximate surface area is 185 Å². The molecule has 0 fully saturated rings. The molecule has 9 heteroatoms. The predicted octanol–water partition coefficient (Wildman–Crippen LogP) is 3.21. The topological polar surface area (TPSA) is 84.9 Å². The van der Waals surface area contributed by atoms with Gasteiger partial charge in [-0.3, -0.25) is 9.10 Å². The van der Waals surface area contributed by atoms with Crippen LogP contribution in [0.5, 0.6) is 11.5 Å². The molecular formula is C23H21FN2O5S. The molecule has 0 saturated carbocycles. The monoisotopic (exact) mass is 456 g/mol. The molecule has 4 rings (SSSR count). The van der Waals surface area contributed by atoms with Gasteiger partial charge < -0.3 is 14.8 Å². The number of hydrogen-bond acceptors (Lipinski definition) is 5. The summed E-state index contributed by atoms with van der Waals surface area (Å²) in [6.07, 6.45) is 0. The summed E-state index contributed by atoms with van der Waals surface area (Å²) in [6, 6.07) is 17.2. The molecule has 1 amide bonds. The highest BCUT2D eigenvalue weighted by molar-refractivity contribution is 7.93. The second-order valence-electron chi connectivity index (χ2n) is 7.05. The van der Waals surface area contributed by atoms with Gasteiger partial charge in [0.1, 0.15) is 30.5 Å². The number of anilines is 1. The van der Waals surface area contributed by atoms with Gasteiger partial charge >= 0.3 is 0 Å². The van der Waals surface area contributed by atoms with Gasteiger partial charge in [0, 0.05) is 17.2 Å². The number of benzene rings is 3. The number of carbonyl (C=O) groups is 1. The van der Waals surface area contributed by atoms with E-state index in [1.165, 1.54) is 24.3 Å². The molecule has 0 unspecified atom stereocenters. The van der Waals surface area contributed by atoms with Crippen LogP contribution >= 0.6 is 0 Å². The molecule has 1 aliphatic rings. The van der Waals surface area contributed by atoms with Crippen molar-refractivity contribution in [2.75, 3.05) is 31.1 Å². The maximum Gasteiger partial charge on any atom is 0.265 e. The van der Waals surface area contributed by atoms with Gasteiger partial charge in [-0.2, -0.15) is 0 Å². The van der Waals surface area contributed by atoms with E-state index in [1.54, 1.807) is 49.6 Å². The quantitative estimate of drug-likeness (QED) is 0.552. The lowest BCUT2D eigenvalue weighted by molar-refractivity contribution is -0.119. The van der Waals surface area contributed by atoms with E-state index in [1.807, 2.05) is 0 Å². The summed E-state index contributed by atoms with van der Waals surface area (Å²) in [5.41, 5.74) is 1.09. The molecule has 0 atom stereocenters. The molecule has 0 aromatic heterocycles. The van der Waals surface area contributed by atoms with Crippen molar-refractivity contribution in [3.63, 3.8) is 0 Å². The predicted molar refractivity (Wildman–Crippen MR) is 118 cm³/mol. The van der Waals surface area contributed by atoms with Gasteiger partial charge in [0.15, 0.2) is 0 Å². The number of carbonyl (C=O) groups excluding carboxylic acids is 1. The molecule has 0 spiro atoms. The second-order valence-corrected chi connectivity index (χ2v) is 8.88. The van der Waals surface area contributed by atoms with Crippen LogP contribution in [0.15, 0.2) is 71.6 Å². The fourth-order valence-corrected chi connectivity index (χ4v) is 5.16. The molecular weight excluding hydrogens is 435 g/mol. The highest BCUT2D eigenvalue weighted by Crippen LogP contribution is 2.42. The number of sulfonamides is 1. The van der Waals surface area contributed by atoms with Crippen LogP contribution in [0.25, 0.3) is 11.1 Å². The van der Waals surface area contributed by atoms with Gasteiger partial charge in [-0.1, -0.05) is 24.3 Å². The van der Waals surface area contributed by atoms with Crippen molar-refractivity contribution in [3.8, 4) is 22.6 Å². The highest BCUT2D eigenvalue weighted by Gasteiger charge is 2.35. The largest absolute Gasteiger partial charge is 0.497 e. The van der Waals surface area contributed by atoms with Crippen molar-refractivity contribution < 1.29 is 27.1 Å². The molecule has 1 N–H and O–H groups in total. The molecule has 0 radical (unpaired) electrons. The third kappa shape index (κ3) is 4.24. The van der Waals surface area contributed by atoms with Crippen LogP contribution in [0, 0.1) is 5.82 Å². The van der Waals surface area contributed by atoms with Crippen molar-refractivity contribution in [1.29, 1.82) is 0 Å². The minimum Gasteiger partial charge on any atom is -0.497 e. The van der Waals surface area contributed by atoms with Gasteiger partial charge in [0.2, 0.25) is 5.91 Å². The van der Waals surface area contributed by atoms with E-state index in [9.17, 15) is 17.6 Å². The van der Waals surface area contributed by atoms with E-state index in [4.69, 9.17) is 9.47 Å². The number of methoxy groups -OCH3 is 1. The van der Waals surface area contributed by atoms with Crippen LogP contribution in [-0.2, 0) is 14.8 Å². The number of nitrogens with zero attached hydrogens (tertiary/aromatic N) is 1. The standard InChI is InChI=1S/C23H21FN2O5S/c1-30-17-5-4-6-18(14-17)31-12-11-25-23(27)15-26-21-10-9-16(24)13-20(21)19-7-2-3-8-22(19)32(26,28)29/h2-10,13-14H,11-12,15H2,1H3,(H,25,27). The molecule has 0 saturated heterocycles. The Bertz CT molecular complexity index is 1260. The lowest BCUT2D eigenvalue weighted by Gasteiger charge is -2.31. The number of rotatable bonds is 7. The molecule has 7 nitrogen and oxygen atoms in total. The molecule has 1 heterocycles. The van der Waals surface area contributed by atoms with Gasteiger partial charge in [0.25, 0.3) is 10.0 Å². The van der Waals surface area contributed by atoms with Crippen molar-refractivity contribution in [2.45, 2.75) is 4.90 Å². The fourth-order valence-electron chi connectivity index (χ4n) is 3.51.